The zero-order chi connectivity index (χ0) is 4.57. The van der Waals surface area contributed by atoms with E-state index in [1.54, 1.807) is 5.57 Å². The number of hydrogen-bond donors (Lipinski definition) is 0. The molecule has 34 valence electrons. The van der Waals surface area contributed by atoms with Crippen LogP contribution >= 0.6 is 0 Å². The average Bonchev–Trinajstić information content (AvgIpc) is 2.19. The fourth-order valence-corrected chi connectivity index (χ4v) is 0.713. The van der Waals surface area contributed by atoms with Crippen LogP contribution in [0.5, 0.6) is 0 Å². The molecule has 0 heterocycles. The number of allylic oxidation sites excluding steroid dienone is 2. The lowest BCUT2D eigenvalue weighted by molar-refractivity contribution is 0.965. The smallest absolute Gasteiger partial charge is 0.00487 e. The van der Waals surface area contributed by atoms with Crippen LogP contribution in [-0.4, -0.2) is 0 Å². The predicted molar refractivity (Wildman–Crippen MR) is 27.5 cm³/mol. The minimum Gasteiger partial charge on any atom is -0.0778 e. The highest BCUT2D eigenvalue weighted by atomic mass is 14.2. The van der Waals surface area contributed by atoms with Crippen LogP contribution in [0.25, 0.3) is 0 Å². The van der Waals surface area contributed by atoms with Crippen LogP contribution in [0.15, 0.2) is 11.6 Å². The van der Waals surface area contributed by atoms with Crippen LogP contribution in [0, 0.1) is 5.92 Å². The zero-order valence-corrected chi connectivity index (χ0v) is 4.36. The second-order valence-electron chi connectivity index (χ2n) is 1.88. The molecule has 6 heavy (non-hydrogen) atoms. The standard InChI is InChI=1S/C6H10/c1-3-6-4-5(6)2/h4-5H,3H2,1-2H3/t5-/m1/s1. The van der Waals surface area contributed by atoms with E-state index in [2.05, 4.69) is 19.9 Å². The molecule has 0 spiro atoms. The maximum atomic E-state index is 2.31. The topological polar surface area (TPSA) is 0 Å². The SMILES string of the molecule is CCC1=C[C@H]1C. The van der Waals surface area contributed by atoms with E-state index < -0.39 is 0 Å². The van der Waals surface area contributed by atoms with E-state index >= 15 is 0 Å². The summed E-state index contributed by atoms with van der Waals surface area (Å²) in [5.41, 5.74) is 1.63. The lowest BCUT2D eigenvalue weighted by atomic mass is 10.3. The molecule has 1 aliphatic carbocycles. The molecule has 1 atom stereocenters. The van der Waals surface area contributed by atoms with Crippen molar-refractivity contribution in [2.45, 2.75) is 20.3 Å². The Bertz CT molecular complexity index is 80.0. The van der Waals surface area contributed by atoms with E-state index in [1.807, 2.05) is 0 Å². The summed E-state index contributed by atoms with van der Waals surface area (Å²) in [4.78, 5) is 0. The highest BCUT2D eigenvalue weighted by molar-refractivity contribution is 5.26. The van der Waals surface area contributed by atoms with Crippen molar-refractivity contribution in [3.63, 3.8) is 0 Å². The van der Waals surface area contributed by atoms with Gasteiger partial charge in [0.25, 0.3) is 0 Å². The van der Waals surface area contributed by atoms with Gasteiger partial charge in [-0.05, 0) is 12.3 Å². The van der Waals surface area contributed by atoms with Crippen molar-refractivity contribution in [3.05, 3.63) is 11.6 Å². The van der Waals surface area contributed by atoms with Gasteiger partial charge in [0, 0.05) is 0 Å². The lowest BCUT2D eigenvalue weighted by Crippen LogP contribution is -1.64. The van der Waals surface area contributed by atoms with Crippen LogP contribution in [0.3, 0.4) is 0 Å². The molecular formula is C6H10. The molecule has 0 radical (unpaired) electrons. The van der Waals surface area contributed by atoms with Gasteiger partial charge >= 0.3 is 0 Å². The summed E-state index contributed by atoms with van der Waals surface area (Å²) in [5, 5.41) is 0. The third-order valence-electron chi connectivity index (χ3n) is 1.35. The Balaban J connectivity index is 2.23. The summed E-state index contributed by atoms with van der Waals surface area (Å²) in [6.07, 6.45) is 3.57. The monoisotopic (exact) mass is 82.1 g/mol. The molecule has 0 aromatic carbocycles. The van der Waals surface area contributed by atoms with E-state index in [0.29, 0.717) is 0 Å². The molecule has 0 aliphatic heterocycles. The Labute approximate surface area is 38.9 Å². The molecule has 0 saturated heterocycles. The maximum absolute atomic E-state index is 2.31. The van der Waals surface area contributed by atoms with Crippen molar-refractivity contribution < 1.29 is 0 Å². The van der Waals surface area contributed by atoms with Gasteiger partial charge in [-0.2, -0.15) is 0 Å². The zero-order valence-electron chi connectivity index (χ0n) is 4.36. The van der Waals surface area contributed by atoms with Gasteiger partial charge in [0.05, 0.1) is 0 Å². The van der Waals surface area contributed by atoms with Crippen LogP contribution in [0.2, 0.25) is 0 Å². The average molecular weight is 82.1 g/mol. The minimum absolute atomic E-state index is 0.856. The van der Waals surface area contributed by atoms with Crippen LogP contribution in [0.1, 0.15) is 20.3 Å². The molecule has 0 unspecified atom stereocenters. The van der Waals surface area contributed by atoms with Gasteiger partial charge in [0.15, 0.2) is 0 Å². The molecule has 0 bridgehead atoms. The van der Waals surface area contributed by atoms with Gasteiger partial charge in [0.2, 0.25) is 0 Å². The fraction of sp³-hybridized carbons (Fsp3) is 0.667. The maximum Gasteiger partial charge on any atom is -0.00487 e. The fourth-order valence-electron chi connectivity index (χ4n) is 0.713. The molecule has 0 amide bonds. The molecule has 0 saturated carbocycles. The normalized spacial score (nSPS) is 29.7. The van der Waals surface area contributed by atoms with Gasteiger partial charge in [-0.1, -0.05) is 25.5 Å². The van der Waals surface area contributed by atoms with Crippen LogP contribution in [0.4, 0.5) is 0 Å². The van der Waals surface area contributed by atoms with Crippen molar-refractivity contribution in [2.24, 2.45) is 5.92 Å². The first-order valence-corrected chi connectivity index (χ1v) is 2.55. The Morgan fingerprint density at radius 2 is 2.33 bits per heavy atom. The van der Waals surface area contributed by atoms with Gasteiger partial charge < -0.3 is 0 Å². The molecule has 0 nitrogen and oxygen atoms in total. The van der Waals surface area contributed by atoms with Crippen molar-refractivity contribution in [1.29, 1.82) is 0 Å². The van der Waals surface area contributed by atoms with E-state index in [1.165, 1.54) is 6.42 Å². The summed E-state index contributed by atoms with van der Waals surface area (Å²) in [6.45, 7) is 4.44. The summed E-state index contributed by atoms with van der Waals surface area (Å²) in [6, 6.07) is 0. The van der Waals surface area contributed by atoms with Crippen LogP contribution < -0.4 is 0 Å². The van der Waals surface area contributed by atoms with Gasteiger partial charge in [-0.15, -0.1) is 0 Å². The minimum atomic E-state index is 0.856. The first-order valence-electron chi connectivity index (χ1n) is 2.55. The highest BCUT2D eigenvalue weighted by Gasteiger charge is 2.14. The predicted octanol–water partition coefficient (Wildman–Crippen LogP) is 1.97. The molecule has 0 aromatic heterocycles. The van der Waals surface area contributed by atoms with Gasteiger partial charge in [-0.25, -0.2) is 0 Å². The van der Waals surface area contributed by atoms with E-state index in [4.69, 9.17) is 0 Å². The second kappa shape index (κ2) is 1.11. The Morgan fingerprint density at radius 3 is 2.33 bits per heavy atom. The van der Waals surface area contributed by atoms with Gasteiger partial charge in [-0.3, -0.25) is 0 Å². The van der Waals surface area contributed by atoms with Crippen LogP contribution in [-0.2, 0) is 0 Å². The van der Waals surface area contributed by atoms with Crippen molar-refractivity contribution in [2.75, 3.05) is 0 Å². The summed E-state index contributed by atoms with van der Waals surface area (Å²) in [7, 11) is 0. The molecule has 1 aliphatic rings. The first-order chi connectivity index (χ1) is 2.84. The van der Waals surface area contributed by atoms with E-state index in [-0.39, 0.29) is 0 Å². The molecule has 0 heteroatoms. The molecular weight excluding hydrogens is 72.1 g/mol. The first kappa shape index (κ1) is 3.91. The van der Waals surface area contributed by atoms with Crippen molar-refractivity contribution in [1.82, 2.24) is 0 Å². The van der Waals surface area contributed by atoms with E-state index in [0.717, 1.165) is 5.92 Å². The second-order valence-corrected chi connectivity index (χ2v) is 1.88. The highest BCUT2D eigenvalue weighted by Crippen LogP contribution is 2.29. The number of hydrogen-bond acceptors (Lipinski definition) is 0. The lowest BCUT2D eigenvalue weighted by Gasteiger charge is -1.78. The quantitative estimate of drug-likeness (QED) is 0.424. The summed E-state index contributed by atoms with van der Waals surface area (Å²) in [5.74, 6) is 0.856. The Hall–Kier alpha value is -0.260. The molecule has 0 aromatic rings. The summed E-state index contributed by atoms with van der Waals surface area (Å²) < 4.78 is 0. The van der Waals surface area contributed by atoms with E-state index in [9.17, 15) is 0 Å². The molecule has 1 rings (SSSR count). The number of rotatable bonds is 1. The summed E-state index contributed by atoms with van der Waals surface area (Å²) >= 11 is 0. The van der Waals surface area contributed by atoms with Crippen molar-refractivity contribution in [3.8, 4) is 0 Å². The molecule has 0 fully saturated rings. The van der Waals surface area contributed by atoms with Gasteiger partial charge in [0.1, 0.15) is 0 Å². The third-order valence-corrected chi connectivity index (χ3v) is 1.35. The third kappa shape index (κ3) is 0.469. The molecule has 0 N–H and O–H groups in total. The Kier molecular flexibility index (Phi) is 0.722. The van der Waals surface area contributed by atoms with Crippen molar-refractivity contribution >= 4 is 0 Å². The largest absolute Gasteiger partial charge is 0.0778 e. The Morgan fingerprint density at radius 1 is 1.83 bits per heavy atom.